The minimum Gasteiger partial charge on any atom is -0.481 e. The summed E-state index contributed by atoms with van der Waals surface area (Å²) in [6.07, 6.45) is 1.51. The molecule has 2 amide bonds. The number of carboxylic acid groups (broad SMARTS) is 1. The molecule has 0 radical (unpaired) electrons. The average Bonchev–Trinajstić information content (AvgIpc) is 2.92. The minimum absolute atomic E-state index is 0.0161. The normalized spacial score (nSPS) is 21.2. The van der Waals surface area contributed by atoms with Crippen LogP contribution < -0.4 is 10.0 Å². The number of urea groups is 1. The van der Waals surface area contributed by atoms with E-state index in [2.05, 4.69) is 15.0 Å². The lowest BCUT2D eigenvalue weighted by atomic mass is 9.90. The number of carboxylic acids is 1. The molecule has 1 fully saturated rings. The van der Waals surface area contributed by atoms with Gasteiger partial charge in [0.25, 0.3) is 0 Å². The maximum atomic E-state index is 12.1. The number of likely N-dealkylation sites (tertiary alicyclic amines) is 1. The van der Waals surface area contributed by atoms with E-state index in [1.165, 1.54) is 24.1 Å². The number of amides is 2. The lowest BCUT2D eigenvalue weighted by molar-refractivity contribution is -0.146. The highest BCUT2D eigenvalue weighted by atomic mass is 32.2. The predicted molar refractivity (Wildman–Crippen MR) is 81.4 cm³/mol. The minimum atomic E-state index is -3.58. The molecule has 126 valence electrons. The average molecular weight is 342 g/mol. The molecule has 0 aromatic carbocycles. The van der Waals surface area contributed by atoms with Gasteiger partial charge in [-0.1, -0.05) is 0 Å². The van der Waals surface area contributed by atoms with Crippen molar-refractivity contribution in [2.75, 3.05) is 25.5 Å². The smallest absolute Gasteiger partial charge is 0.323 e. The number of nitrogens with zero attached hydrogens (tertiary/aromatic N) is 2. The second kappa shape index (κ2) is 6.13. The van der Waals surface area contributed by atoms with Crippen LogP contribution in [0.4, 0.5) is 10.6 Å². The molecule has 1 aromatic rings. The van der Waals surface area contributed by atoms with Gasteiger partial charge in [0.1, 0.15) is 10.7 Å². The van der Waals surface area contributed by atoms with Crippen molar-refractivity contribution < 1.29 is 23.1 Å². The molecule has 2 heterocycles. The molecular weight excluding hydrogens is 324 g/mol. The molecule has 1 aliphatic rings. The molecule has 0 bridgehead atoms. The van der Waals surface area contributed by atoms with Crippen LogP contribution in [0.25, 0.3) is 0 Å². The SMILES string of the molecule is CNS(=O)(=O)c1ccc(NC(=O)N2CCC(C)(C(=O)O)C2)nc1. The summed E-state index contributed by atoms with van der Waals surface area (Å²) in [5.41, 5.74) is -0.949. The highest BCUT2D eigenvalue weighted by Gasteiger charge is 2.42. The summed E-state index contributed by atoms with van der Waals surface area (Å²) in [7, 11) is -2.30. The Bertz CT molecular complexity index is 718. The van der Waals surface area contributed by atoms with Crippen molar-refractivity contribution >= 4 is 27.8 Å². The topological polar surface area (TPSA) is 129 Å². The van der Waals surface area contributed by atoms with E-state index >= 15 is 0 Å². The van der Waals surface area contributed by atoms with Crippen molar-refractivity contribution in [1.82, 2.24) is 14.6 Å². The van der Waals surface area contributed by atoms with E-state index < -0.39 is 27.4 Å². The van der Waals surface area contributed by atoms with Crippen molar-refractivity contribution in [2.45, 2.75) is 18.2 Å². The zero-order valence-electron chi connectivity index (χ0n) is 12.7. The van der Waals surface area contributed by atoms with Gasteiger partial charge in [0, 0.05) is 19.3 Å². The van der Waals surface area contributed by atoms with Crippen molar-refractivity contribution in [3.05, 3.63) is 18.3 Å². The Balaban J connectivity index is 2.03. The fourth-order valence-corrected chi connectivity index (χ4v) is 2.90. The largest absolute Gasteiger partial charge is 0.481 e. The van der Waals surface area contributed by atoms with Crippen LogP contribution in [-0.2, 0) is 14.8 Å². The van der Waals surface area contributed by atoms with Crippen LogP contribution in [0.15, 0.2) is 23.2 Å². The Morgan fingerprint density at radius 3 is 2.57 bits per heavy atom. The fraction of sp³-hybridized carbons (Fsp3) is 0.462. The third-order valence-corrected chi connectivity index (χ3v) is 5.23. The summed E-state index contributed by atoms with van der Waals surface area (Å²) in [6, 6.07) is 2.22. The van der Waals surface area contributed by atoms with Gasteiger partial charge >= 0.3 is 12.0 Å². The Morgan fingerprint density at radius 1 is 1.39 bits per heavy atom. The van der Waals surface area contributed by atoms with Gasteiger partial charge in [-0.2, -0.15) is 0 Å². The molecule has 0 spiro atoms. The first kappa shape index (κ1) is 17.2. The van der Waals surface area contributed by atoms with Crippen LogP contribution in [0.1, 0.15) is 13.3 Å². The molecule has 0 aliphatic carbocycles. The molecule has 9 nitrogen and oxygen atoms in total. The first-order chi connectivity index (χ1) is 10.7. The summed E-state index contributed by atoms with van der Waals surface area (Å²) in [5, 5.41) is 11.7. The van der Waals surface area contributed by atoms with Gasteiger partial charge in [0.2, 0.25) is 10.0 Å². The van der Waals surface area contributed by atoms with Crippen molar-refractivity contribution in [3.8, 4) is 0 Å². The standard InChI is InChI=1S/C13H18N4O5S/c1-13(11(18)19)5-6-17(8-13)12(20)16-10-4-3-9(7-15-10)23(21,22)14-2/h3-4,7,14H,5-6,8H2,1-2H3,(H,18,19)(H,15,16,20). The van der Waals surface area contributed by atoms with Crippen molar-refractivity contribution in [3.63, 3.8) is 0 Å². The highest BCUT2D eigenvalue weighted by Crippen LogP contribution is 2.30. The highest BCUT2D eigenvalue weighted by molar-refractivity contribution is 7.89. The molecule has 23 heavy (non-hydrogen) atoms. The van der Waals surface area contributed by atoms with Crippen LogP contribution in [0.3, 0.4) is 0 Å². The summed E-state index contributed by atoms with van der Waals surface area (Å²) in [4.78, 5) is 28.6. The lowest BCUT2D eigenvalue weighted by Crippen LogP contribution is -2.37. The maximum Gasteiger partial charge on any atom is 0.323 e. The molecule has 1 aliphatic heterocycles. The fourth-order valence-electron chi connectivity index (χ4n) is 2.23. The Kier molecular flexibility index (Phi) is 4.57. The van der Waals surface area contributed by atoms with Gasteiger partial charge in [-0.3, -0.25) is 10.1 Å². The van der Waals surface area contributed by atoms with Gasteiger partial charge in [-0.05, 0) is 32.5 Å². The number of aliphatic carboxylic acids is 1. The Hall–Kier alpha value is -2.20. The summed E-state index contributed by atoms with van der Waals surface area (Å²) < 4.78 is 25.3. The lowest BCUT2D eigenvalue weighted by Gasteiger charge is -2.20. The molecule has 1 atom stereocenters. The van der Waals surface area contributed by atoms with Crippen LogP contribution >= 0.6 is 0 Å². The number of pyridine rings is 1. The van der Waals surface area contributed by atoms with Crippen LogP contribution in [0.5, 0.6) is 0 Å². The van der Waals surface area contributed by atoms with E-state index in [1.54, 1.807) is 6.92 Å². The summed E-state index contributed by atoms with van der Waals surface area (Å²) in [6.45, 7) is 2.04. The van der Waals surface area contributed by atoms with Gasteiger partial charge in [-0.15, -0.1) is 0 Å². The number of anilines is 1. The molecule has 2 rings (SSSR count). The molecule has 0 saturated carbocycles. The number of carbonyl (C=O) groups excluding carboxylic acids is 1. The van der Waals surface area contributed by atoms with Gasteiger partial charge in [-0.25, -0.2) is 22.9 Å². The third-order valence-electron chi connectivity index (χ3n) is 3.83. The molecule has 1 saturated heterocycles. The number of nitrogens with one attached hydrogen (secondary N) is 2. The molecular formula is C13H18N4O5S. The van der Waals surface area contributed by atoms with E-state index in [1.807, 2.05) is 0 Å². The molecule has 1 unspecified atom stereocenters. The second-order valence-corrected chi connectivity index (χ2v) is 7.44. The zero-order chi connectivity index (χ0) is 17.3. The number of aromatic nitrogens is 1. The van der Waals surface area contributed by atoms with Crippen molar-refractivity contribution in [1.29, 1.82) is 0 Å². The van der Waals surface area contributed by atoms with E-state index in [-0.39, 0.29) is 17.3 Å². The monoisotopic (exact) mass is 342 g/mol. The summed E-state index contributed by atoms with van der Waals surface area (Å²) >= 11 is 0. The van der Waals surface area contributed by atoms with Gasteiger partial charge in [0.05, 0.1) is 5.41 Å². The Morgan fingerprint density at radius 2 is 2.09 bits per heavy atom. The first-order valence-electron chi connectivity index (χ1n) is 6.87. The van der Waals surface area contributed by atoms with E-state index in [0.29, 0.717) is 13.0 Å². The molecule has 10 heteroatoms. The van der Waals surface area contributed by atoms with E-state index in [9.17, 15) is 18.0 Å². The number of hydrogen-bond donors (Lipinski definition) is 3. The third kappa shape index (κ3) is 3.59. The maximum absolute atomic E-state index is 12.1. The number of hydrogen-bond acceptors (Lipinski definition) is 5. The second-order valence-electron chi connectivity index (χ2n) is 5.55. The number of sulfonamides is 1. The van der Waals surface area contributed by atoms with Crippen LogP contribution in [0.2, 0.25) is 0 Å². The quantitative estimate of drug-likeness (QED) is 0.723. The molecule has 1 aromatic heterocycles. The van der Waals surface area contributed by atoms with Gasteiger partial charge in [0.15, 0.2) is 0 Å². The number of carbonyl (C=O) groups is 2. The van der Waals surface area contributed by atoms with E-state index in [0.717, 1.165) is 6.20 Å². The summed E-state index contributed by atoms with van der Waals surface area (Å²) in [5.74, 6) is -0.749. The van der Waals surface area contributed by atoms with Crippen molar-refractivity contribution in [2.24, 2.45) is 5.41 Å². The van der Waals surface area contributed by atoms with Crippen LogP contribution in [-0.4, -0.2) is 55.5 Å². The van der Waals surface area contributed by atoms with Crippen LogP contribution in [0, 0.1) is 5.41 Å². The first-order valence-corrected chi connectivity index (χ1v) is 8.35. The zero-order valence-corrected chi connectivity index (χ0v) is 13.6. The molecule has 3 N–H and O–H groups in total. The number of rotatable bonds is 4. The Labute approximate surface area is 133 Å². The van der Waals surface area contributed by atoms with E-state index in [4.69, 9.17) is 5.11 Å². The predicted octanol–water partition coefficient (Wildman–Crippen LogP) is 0.318. The van der Waals surface area contributed by atoms with Gasteiger partial charge < -0.3 is 10.0 Å².